The largest absolute Gasteiger partial charge is 0.483 e. The number of methoxy groups -OCH3 is 1. The van der Waals surface area contributed by atoms with Gasteiger partial charge < -0.3 is 14.2 Å². The minimum absolute atomic E-state index is 0.107. The SMILES string of the molecule is COCC(Oc1cccc2c1OC(C)(C)C2)C(=O)NN. The molecule has 1 aliphatic heterocycles. The lowest BCUT2D eigenvalue weighted by Crippen LogP contribution is -2.44. The van der Waals surface area contributed by atoms with Gasteiger partial charge >= 0.3 is 0 Å². The van der Waals surface area contributed by atoms with Crippen LogP contribution >= 0.6 is 0 Å². The highest BCUT2D eigenvalue weighted by Gasteiger charge is 2.33. The molecule has 1 amide bonds. The standard InChI is InChI=1S/C14H20N2O4/c1-14(2)7-9-5-4-6-10(12(9)20-14)19-11(8-18-3)13(17)16-15/h4-6,11H,7-8,15H2,1-3H3,(H,16,17). The molecule has 0 fully saturated rings. The van der Waals surface area contributed by atoms with Crippen LogP contribution in [-0.4, -0.2) is 31.3 Å². The van der Waals surface area contributed by atoms with Crippen LogP contribution in [0.25, 0.3) is 0 Å². The molecule has 0 aliphatic carbocycles. The molecule has 0 saturated carbocycles. The summed E-state index contributed by atoms with van der Waals surface area (Å²) in [7, 11) is 1.50. The summed E-state index contributed by atoms with van der Waals surface area (Å²) in [5.41, 5.74) is 2.87. The lowest BCUT2D eigenvalue weighted by atomic mass is 10.0. The van der Waals surface area contributed by atoms with Crippen LogP contribution < -0.4 is 20.7 Å². The van der Waals surface area contributed by atoms with E-state index in [1.807, 2.05) is 26.0 Å². The highest BCUT2D eigenvalue weighted by atomic mass is 16.6. The fraction of sp³-hybridized carbons (Fsp3) is 0.500. The van der Waals surface area contributed by atoms with Crippen LogP contribution in [0.4, 0.5) is 0 Å². The van der Waals surface area contributed by atoms with Crippen molar-refractivity contribution in [3.8, 4) is 11.5 Å². The minimum atomic E-state index is -0.816. The second-order valence-electron chi connectivity index (χ2n) is 5.35. The number of nitrogens with one attached hydrogen (secondary N) is 1. The van der Waals surface area contributed by atoms with E-state index in [-0.39, 0.29) is 12.2 Å². The van der Waals surface area contributed by atoms with E-state index >= 15 is 0 Å². The van der Waals surface area contributed by atoms with Crippen molar-refractivity contribution >= 4 is 5.91 Å². The quantitative estimate of drug-likeness (QED) is 0.473. The van der Waals surface area contributed by atoms with Crippen LogP contribution in [-0.2, 0) is 16.0 Å². The summed E-state index contributed by atoms with van der Waals surface area (Å²) in [5, 5.41) is 0. The Bertz CT molecular complexity index is 502. The minimum Gasteiger partial charge on any atom is -0.483 e. The Morgan fingerprint density at radius 1 is 1.55 bits per heavy atom. The van der Waals surface area contributed by atoms with E-state index in [1.54, 1.807) is 6.07 Å². The van der Waals surface area contributed by atoms with Gasteiger partial charge in [-0.05, 0) is 19.9 Å². The van der Waals surface area contributed by atoms with Gasteiger partial charge in [0.05, 0.1) is 6.61 Å². The summed E-state index contributed by atoms with van der Waals surface area (Å²) in [6.45, 7) is 4.13. The molecule has 2 rings (SSSR count). The number of hydrogen-bond donors (Lipinski definition) is 2. The summed E-state index contributed by atoms with van der Waals surface area (Å²) >= 11 is 0. The Morgan fingerprint density at radius 2 is 2.30 bits per heavy atom. The van der Waals surface area contributed by atoms with Gasteiger partial charge in [-0.3, -0.25) is 10.2 Å². The van der Waals surface area contributed by atoms with Gasteiger partial charge in [-0.2, -0.15) is 0 Å². The lowest BCUT2D eigenvalue weighted by molar-refractivity contribution is -0.130. The third-order valence-corrected chi connectivity index (χ3v) is 3.08. The molecule has 0 saturated heterocycles. The van der Waals surface area contributed by atoms with Gasteiger partial charge in [0.15, 0.2) is 11.5 Å². The number of para-hydroxylation sites is 1. The van der Waals surface area contributed by atoms with E-state index in [0.717, 1.165) is 12.0 Å². The highest BCUT2D eigenvalue weighted by molar-refractivity contribution is 5.80. The molecule has 1 aromatic carbocycles. The molecule has 6 nitrogen and oxygen atoms in total. The lowest BCUT2D eigenvalue weighted by Gasteiger charge is -2.20. The maximum atomic E-state index is 11.7. The average molecular weight is 280 g/mol. The number of fused-ring (bicyclic) bond motifs is 1. The van der Waals surface area contributed by atoms with E-state index in [0.29, 0.717) is 11.5 Å². The number of nitrogens with two attached hydrogens (primary N) is 1. The number of amides is 1. The molecule has 3 N–H and O–H groups in total. The van der Waals surface area contributed by atoms with Crippen LogP contribution in [0, 0.1) is 0 Å². The zero-order valence-corrected chi connectivity index (χ0v) is 11.9. The fourth-order valence-electron chi connectivity index (χ4n) is 2.24. The number of benzene rings is 1. The third-order valence-electron chi connectivity index (χ3n) is 3.08. The van der Waals surface area contributed by atoms with Gasteiger partial charge in [0, 0.05) is 19.1 Å². The molecule has 1 aromatic rings. The van der Waals surface area contributed by atoms with Crippen molar-refractivity contribution in [2.75, 3.05) is 13.7 Å². The zero-order chi connectivity index (χ0) is 14.8. The van der Waals surface area contributed by atoms with Crippen molar-refractivity contribution < 1.29 is 19.0 Å². The highest BCUT2D eigenvalue weighted by Crippen LogP contribution is 2.42. The monoisotopic (exact) mass is 280 g/mol. The summed E-state index contributed by atoms with van der Waals surface area (Å²) in [5.74, 6) is 5.91. The Kier molecular flexibility index (Phi) is 4.15. The Labute approximate surface area is 118 Å². The molecule has 6 heteroatoms. The molecule has 0 radical (unpaired) electrons. The van der Waals surface area contributed by atoms with Gasteiger partial charge in [0.25, 0.3) is 5.91 Å². The number of rotatable bonds is 5. The van der Waals surface area contributed by atoms with E-state index < -0.39 is 12.0 Å². The van der Waals surface area contributed by atoms with Crippen LogP contribution in [0.3, 0.4) is 0 Å². The molecule has 1 aliphatic rings. The van der Waals surface area contributed by atoms with Crippen LogP contribution in [0.1, 0.15) is 19.4 Å². The first-order chi connectivity index (χ1) is 9.46. The van der Waals surface area contributed by atoms with Crippen molar-refractivity contribution in [1.82, 2.24) is 5.43 Å². The van der Waals surface area contributed by atoms with Gasteiger partial charge in [-0.15, -0.1) is 0 Å². The van der Waals surface area contributed by atoms with Crippen molar-refractivity contribution in [2.45, 2.75) is 32.0 Å². The molecule has 20 heavy (non-hydrogen) atoms. The van der Waals surface area contributed by atoms with E-state index in [1.165, 1.54) is 7.11 Å². The van der Waals surface area contributed by atoms with Crippen molar-refractivity contribution in [1.29, 1.82) is 0 Å². The predicted octanol–water partition coefficient (Wildman–Crippen LogP) is 0.784. The Morgan fingerprint density at radius 3 is 2.95 bits per heavy atom. The first-order valence-corrected chi connectivity index (χ1v) is 6.44. The fourth-order valence-corrected chi connectivity index (χ4v) is 2.24. The first kappa shape index (κ1) is 14.6. The van der Waals surface area contributed by atoms with E-state index in [9.17, 15) is 4.79 Å². The molecular formula is C14H20N2O4. The van der Waals surface area contributed by atoms with Crippen molar-refractivity contribution in [3.63, 3.8) is 0 Å². The van der Waals surface area contributed by atoms with Gasteiger partial charge in [-0.1, -0.05) is 12.1 Å². The second-order valence-corrected chi connectivity index (χ2v) is 5.35. The smallest absolute Gasteiger partial charge is 0.277 e. The second kappa shape index (κ2) is 5.68. The molecule has 0 spiro atoms. The average Bonchev–Trinajstić information content (AvgIpc) is 2.72. The number of carbonyl (C=O) groups is 1. The molecular weight excluding hydrogens is 260 g/mol. The first-order valence-electron chi connectivity index (χ1n) is 6.44. The zero-order valence-electron chi connectivity index (χ0n) is 11.9. The number of hydrogen-bond acceptors (Lipinski definition) is 5. The van der Waals surface area contributed by atoms with Gasteiger partial charge in [0.1, 0.15) is 5.60 Å². The van der Waals surface area contributed by atoms with Crippen molar-refractivity contribution in [2.24, 2.45) is 5.84 Å². The maximum absolute atomic E-state index is 11.7. The molecule has 0 aromatic heterocycles. The molecule has 110 valence electrons. The van der Waals surface area contributed by atoms with Gasteiger partial charge in [-0.25, -0.2) is 5.84 Å². The summed E-state index contributed by atoms with van der Waals surface area (Å²) in [6, 6.07) is 5.64. The number of hydrazine groups is 1. The molecule has 1 unspecified atom stereocenters. The predicted molar refractivity (Wildman–Crippen MR) is 73.5 cm³/mol. The van der Waals surface area contributed by atoms with Crippen LogP contribution in [0.5, 0.6) is 11.5 Å². The summed E-state index contributed by atoms with van der Waals surface area (Å²) in [6.07, 6.45) is -0.0128. The van der Waals surface area contributed by atoms with E-state index in [2.05, 4.69) is 5.43 Å². The third kappa shape index (κ3) is 3.02. The molecule has 1 atom stereocenters. The molecule has 0 bridgehead atoms. The van der Waals surface area contributed by atoms with E-state index in [4.69, 9.17) is 20.1 Å². The topological polar surface area (TPSA) is 82.8 Å². The normalized spacial score (nSPS) is 17.0. The van der Waals surface area contributed by atoms with Crippen LogP contribution in [0.15, 0.2) is 18.2 Å². The van der Waals surface area contributed by atoms with Gasteiger partial charge in [0.2, 0.25) is 6.10 Å². The Balaban J connectivity index is 2.22. The molecule has 1 heterocycles. The van der Waals surface area contributed by atoms with Crippen LogP contribution in [0.2, 0.25) is 0 Å². The Hall–Kier alpha value is -1.79. The summed E-state index contributed by atoms with van der Waals surface area (Å²) < 4.78 is 16.6. The maximum Gasteiger partial charge on any atom is 0.277 e. The summed E-state index contributed by atoms with van der Waals surface area (Å²) in [4.78, 5) is 11.7. The van der Waals surface area contributed by atoms with Crippen molar-refractivity contribution in [3.05, 3.63) is 23.8 Å². The number of carbonyl (C=O) groups excluding carboxylic acids is 1. The number of ether oxygens (including phenoxy) is 3.